The van der Waals surface area contributed by atoms with E-state index in [-0.39, 0.29) is 29.4 Å². The summed E-state index contributed by atoms with van der Waals surface area (Å²) >= 11 is 5.67. The minimum atomic E-state index is -0.216. The Morgan fingerprint density at radius 1 is 1.62 bits per heavy atom. The standard InChI is InChI=1S/C10H12ClN3O2/c11-9-5-12-4-8(13-9)10(16)14-3-1-2-7(14)6-15/h4-5,7,15H,1-3,6H2/t7-/m0/s1. The minimum absolute atomic E-state index is 0.0142. The highest BCUT2D eigenvalue weighted by atomic mass is 35.5. The summed E-state index contributed by atoms with van der Waals surface area (Å²) in [6.07, 6.45) is 4.51. The van der Waals surface area contributed by atoms with Crippen LogP contribution in [0.5, 0.6) is 0 Å². The van der Waals surface area contributed by atoms with Gasteiger partial charge >= 0.3 is 0 Å². The predicted molar refractivity (Wildman–Crippen MR) is 58.2 cm³/mol. The molecule has 0 saturated carbocycles. The van der Waals surface area contributed by atoms with E-state index in [9.17, 15) is 4.79 Å². The van der Waals surface area contributed by atoms with E-state index in [1.54, 1.807) is 4.90 Å². The number of rotatable bonds is 2. The first-order chi connectivity index (χ1) is 7.72. The van der Waals surface area contributed by atoms with E-state index in [1.807, 2.05) is 0 Å². The predicted octanol–water partition coefficient (Wildman–Crippen LogP) is 0.727. The van der Waals surface area contributed by atoms with Gasteiger partial charge < -0.3 is 10.0 Å². The van der Waals surface area contributed by atoms with Crippen molar-refractivity contribution in [2.75, 3.05) is 13.2 Å². The highest BCUT2D eigenvalue weighted by molar-refractivity contribution is 6.29. The molecule has 0 aromatic carbocycles. The number of hydrogen-bond acceptors (Lipinski definition) is 4. The molecule has 1 aliphatic rings. The van der Waals surface area contributed by atoms with E-state index in [2.05, 4.69) is 9.97 Å². The summed E-state index contributed by atoms with van der Waals surface area (Å²) in [5.41, 5.74) is 0.229. The number of carbonyl (C=O) groups excluding carboxylic acids is 1. The van der Waals surface area contributed by atoms with Crippen LogP contribution in [0.3, 0.4) is 0 Å². The van der Waals surface area contributed by atoms with Crippen LogP contribution in [0.15, 0.2) is 12.4 Å². The Kier molecular flexibility index (Phi) is 3.36. The van der Waals surface area contributed by atoms with E-state index in [4.69, 9.17) is 16.7 Å². The number of aliphatic hydroxyl groups is 1. The third kappa shape index (κ3) is 2.15. The lowest BCUT2D eigenvalue weighted by Crippen LogP contribution is -2.38. The van der Waals surface area contributed by atoms with Crippen LogP contribution < -0.4 is 0 Å². The largest absolute Gasteiger partial charge is 0.394 e. The molecule has 2 rings (SSSR count). The Balaban J connectivity index is 2.18. The Morgan fingerprint density at radius 3 is 3.12 bits per heavy atom. The van der Waals surface area contributed by atoms with E-state index in [1.165, 1.54) is 12.4 Å². The number of aliphatic hydroxyl groups excluding tert-OH is 1. The lowest BCUT2D eigenvalue weighted by atomic mass is 10.2. The van der Waals surface area contributed by atoms with Crippen molar-refractivity contribution < 1.29 is 9.90 Å². The lowest BCUT2D eigenvalue weighted by molar-refractivity contribution is 0.0671. The van der Waals surface area contributed by atoms with Gasteiger partial charge in [-0.05, 0) is 12.8 Å². The summed E-state index contributed by atoms with van der Waals surface area (Å²) in [4.78, 5) is 21.4. The maximum Gasteiger partial charge on any atom is 0.274 e. The maximum atomic E-state index is 12.0. The van der Waals surface area contributed by atoms with Crippen molar-refractivity contribution in [1.29, 1.82) is 0 Å². The van der Waals surface area contributed by atoms with E-state index >= 15 is 0 Å². The molecule has 1 N–H and O–H groups in total. The maximum absolute atomic E-state index is 12.0. The second-order valence-electron chi connectivity index (χ2n) is 3.70. The zero-order chi connectivity index (χ0) is 11.5. The first-order valence-electron chi connectivity index (χ1n) is 5.11. The van der Waals surface area contributed by atoms with E-state index in [0.29, 0.717) is 6.54 Å². The summed E-state index contributed by atoms with van der Waals surface area (Å²) in [6, 6.07) is -0.103. The number of amides is 1. The van der Waals surface area contributed by atoms with Crippen molar-refractivity contribution in [2.45, 2.75) is 18.9 Å². The quantitative estimate of drug-likeness (QED) is 0.829. The van der Waals surface area contributed by atoms with Gasteiger partial charge in [-0.1, -0.05) is 11.6 Å². The smallest absolute Gasteiger partial charge is 0.274 e. The summed E-state index contributed by atoms with van der Waals surface area (Å²) in [6.45, 7) is 0.637. The molecule has 6 heteroatoms. The van der Waals surface area contributed by atoms with Crippen LogP contribution in [0.4, 0.5) is 0 Å². The van der Waals surface area contributed by atoms with Gasteiger partial charge in [-0.3, -0.25) is 9.78 Å². The van der Waals surface area contributed by atoms with Gasteiger partial charge in [0.2, 0.25) is 0 Å². The molecule has 0 spiro atoms. The molecule has 1 aliphatic heterocycles. The van der Waals surface area contributed by atoms with Crippen molar-refractivity contribution in [3.63, 3.8) is 0 Å². The highest BCUT2D eigenvalue weighted by Crippen LogP contribution is 2.19. The molecule has 0 unspecified atom stereocenters. The van der Waals surface area contributed by atoms with Crippen molar-refractivity contribution >= 4 is 17.5 Å². The molecule has 0 radical (unpaired) electrons. The van der Waals surface area contributed by atoms with E-state index < -0.39 is 0 Å². The molecule has 1 aromatic rings. The first-order valence-corrected chi connectivity index (χ1v) is 5.49. The minimum Gasteiger partial charge on any atom is -0.394 e. The first kappa shape index (κ1) is 11.3. The fraction of sp³-hybridized carbons (Fsp3) is 0.500. The molecule has 86 valence electrons. The third-order valence-electron chi connectivity index (χ3n) is 2.67. The van der Waals surface area contributed by atoms with Crippen LogP contribution in [0.2, 0.25) is 5.15 Å². The zero-order valence-electron chi connectivity index (χ0n) is 8.64. The second-order valence-corrected chi connectivity index (χ2v) is 4.09. The number of hydrogen-bond donors (Lipinski definition) is 1. The third-order valence-corrected chi connectivity index (χ3v) is 2.86. The summed E-state index contributed by atoms with van der Waals surface area (Å²) in [5, 5.41) is 9.33. The van der Waals surface area contributed by atoms with Crippen molar-refractivity contribution in [2.24, 2.45) is 0 Å². The van der Waals surface area contributed by atoms with E-state index in [0.717, 1.165) is 12.8 Å². The van der Waals surface area contributed by atoms with Gasteiger partial charge in [0, 0.05) is 6.54 Å². The highest BCUT2D eigenvalue weighted by Gasteiger charge is 2.29. The van der Waals surface area contributed by atoms with Gasteiger partial charge in [0.25, 0.3) is 5.91 Å². The topological polar surface area (TPSA) is 66.3 Å². The second kappa shape index (κ2) is 4.76. The van der Waals surface area contributed by atoms with Crippen LogP contribution in [-0.4, -0.2) is 45.1 Å². The molecule has 1 amide bonds. The van der Waals surface area contributed by atoms with Gasteiger partial charge in [0.05, 0.1) is 25.0 Å². The number of halogens is 1. The molecular weight excluding hydrogens is 230 g/mol. The molecule has 1 aromatic heterocycles. The molecule has 1 saturated heterocycles. The van der Waals surface area contributed by atoms with Gasteiger partial charge in [0.15, 0.2) is 0 Å². The molecule has 1 atom stereocenters. The molecule has 1 fully saturated rings. The average Bonchev–Trinajstić information content (AvgIpc) is 2.76. The van der Waals surface area contributed by atoms with Gasteiger partial charge in [0.1, 0.15) is 10.8 Å². The fourth-order valence-corrected chi connectivity index (χ4v) is 2.03. The lowest BCUT2D eigenvalue weighted by Gasteiger charge is -2.22. The number of aromatic nitrogens is 2. The number of carbonyl (C=O) groups is 1. The summed E-state index contributed by atoms with van der Waals surface area (Å²) in [5.74, 6) is -0.216. The van der Waals surface area contributed by atoms with Crippen LogP contribution in [0.1, 0.15) is 23.3 Å². The Morgan fingerprint density at radius 2 is 2.44 bits per heavy atom. The average molecular weight is 242 g/mol. The Hall–Kier alpha value is -1.20. The van der Waals surface area contributed by atoms with Gasteiger partial charge in [-0.2, -0.15) is 0 Å². The Bertz CT molecular complexity index is 399. The molecule has 2 heterocycles. The van der Waals surface area contributed by atoms with Crippen LogP contribution in [-0.2, 0) is 0 Å². The van der Waals surface area contributed by atoms with Crippen LogP contribution in [0, 0.1) is 0 Å². The van der Waals surface area contributed by atoms with Crippen molar-refractivity contribution in [3.8, 4) is 0 Å². The monoisotopic (exact) mass is 241 g/mol. The normalized spacial score (nSPS) is 20.1. The zero-order valence-corrected chi connectivity index (χ0v) is 9.39. The fourth-order valence-electron chi connectivity index (χ4n) is 1.89. The summed E-state index contributed by atoms with van der Waals surface area (Å²) < 4.78 is 0. The van der Waals surface area contributed by atoms with Gasteiger partial charge in [-0.25, -0.2) is 4.98 Å². The van der Waals surface area contributed by atoms with Crippen LogP contribution >= 0.6 is 11.6 Å². The number of likely N-dealkylation sites (tertiary alicyclic amines) is 1. The Labute approximate surface area is 98.1 Å². The van der Waals surface area contributed by atoms with Crippen molar-refractivity contribution in [1.82, 2.24) is 14.9 Å². The van der Waals surface area contributed by atoms with Gasteiger partial charge in [-0.15, -0.1) is 0 Å². The van der Waals surface area contributed by atoms with Crippen LogP contribution in [0.25, 0.3) is 0 Å². The molecule has 5 nitrogen and oxygen atoms in total. The molecule has 16 heavy (non-hydrogen) atoms. The van der Waals surface area contributed by atoms with Crippen molar-refractivity contribution in [3.05, 3.63) is 23.2 Å². The SMILES string of the molecule is O=C(c1cncc(Cl)n1)N1CCC[C@H]1CO. The molecule has 0 bridgehead atoms. The summed E-state index contributed by atoms with van der Waals surface area (Å²) in [7, 11) is 0. The number of nitrogens with zero attached hydrogens (tertiary/aromatic N) is 3. The molecular formula is C10H12ClN3O2. The molecule has 0 aliphatic carbocycles.